The van der Waals surface area contributed by atoms with Crippen molar-refractivity contribution >= 4 is 33.0 Å². The standard InChI is InChI=1S/C15H16N2OS2/c1-9(2)14-15(20-17-16-14)12(18)7-10-8-19-13-6-4-3-5-11(10)13/h3-6,8-9,12,18H,7H2,1-2H3. The predicted molar refractivity (Wildman–Crippen MR) is 84.5 cm³/mol. The van der Waals surface area contributed by atoms with Gasteiger partial charge in [-0.3, -0.25) is 0 Å². The van der Waals surface area contributed by atoms with Crippen molar-refractivity contribution < 1.29 is 5.11 Å². The van der Waals surface area contributed by atoms with Gasteiger partial charge in [-0.15, -0.1) is 16.4 Å². The molecule has 3 aromatic rings. The molecule has 104 valence electrons. The van der Waals surface area contributed by atoms with Gasteiger partial charge in [0.25, 0.3) is 0 Å². The second kappa shape index (κ2) is 5.60. The highest BCUT2D eigenvalue weighted by Crippen LogP contribution is 2.32. The number of thiophene rings is 1. The van der Waals surface area contributed by atoms with Crippen molar-refractivity contribution in [2.24, 2.45) is 0 Å². The second-order valence-electron chi connectivity index (χ2n) is 5.15. The monoisotopic (exact) mass is 304 g/mol. The Morgan fingerprint density at radius 3 is 2.85 bits per heavy atom. The molecule has 0 saturated carbocycles. The number of nitrogens with zero attached hydrogens (tertiary/aromatic N) is 2. The third-order valence-corrected chi connectivity index (χ3v) is 5.22. The minimum Gasteiger partial charge on any atom is -0.387 e. The normalized spacial score (nSPS) is 13.2. The number of fused-ring (bicyclic) bond motifs is 1. The molecule has 3 rings (SSSR count). The average Bonchev–Trinajstić information content (AvgIpc) is 3.06. The molecule has 2 heterocycles. The van der Waals surface area contributed by atoms with Crippen LogP contribution in [0.5, 0.6) is 0 Å². The van der Waals surface area contributed by atoms with Gasteiger partial charge in [-0.2, -0.15) is 0 Å². The molecule has 0 fully saturated rings. The fourth-order valence-corrected chi connectivity index (χ4v) is 4.10. The van der Waals surface area contributed by atoms with Crippen LogP contribution < -0.4 is 0 Å². The first kappa shape index (κ1) is 13.7. The summed E-state index contributed by atoms with van der Waals surface area (Å²) in [4.78, 5) is 0.898. The number of rotatable bonds is 4. The summed E-state index contributed by atoms with van der Waals surface area (Å²) < 4.78 is 5.26. The minimum absolute atomic E-state index is 0.289. The van der Waals surface area contributed by atoms with Gasteiger partial charge in [0.05, 0.1) is 16.7 Å². The fraction of sp³-hybridized carbons (Fsp3) is 0.333. The van der Waals surface area contributed by atoms with E-state index in [-0.39, 0.29) is 5.92 Å². The van der Waals surface area contributed by atoms with Crippen LogP contribution in [0.15, 0.2) is 29.6 Å². The average molecular weight is 304 g/mol. The highest BCUT2D eigenvalue weighted by molar-refractivity contribution is 7.17. The van der Waals surface area contributed by atoms with Crippen LogP contribution in [0.25, 0.3) is 10.1 Å². The molecule has 0 radical (unpaired) electrons. The fourth-order valence-electron chi connectivity index (χ4n) is 2.33. The number of aliphatic hydroxyl groups excluding tert-OH is 1. The van der Waals surface area contributed by atoms with E-state index in [1.807, 2.05) is 12.1 Å². The van der Waals surface area contributed by atoms with Crippen LogP contribution in [0.2, 0.25) is 0 Å². The quantitative estimate of drug-likeness (QED) is 0.787. The Balaban J connectivity index is 1.89. The molecule has 1 N–H and O–H groups in total. The molecular weight excluding hydrogens is 288 g/mol. The molecule has 0 aliphatic carbocycles. The van der Waals surface area contributed by atoms with E-state index < -0.39 is 6.10 Å². The largest absolute Gasteiger partial charge is 0.387 e. The Labute approximate surface area is 126 Å². The van der Waals surface area contributed by atoms with E-state index in [0.717, 1.165) is 10.6 Å². The Kier molecular flexibility index (Phi) is 3.83. The number of aromatic nitrogens is 2. The maximum absolute atomic E-state index is 10.5. The number of hydrogen-bond donors (Lipinski definition) is 1. The zero-order valence-electron chi connectivity index (χ0n) is 11.4. The molecule has 5 heteroatoms. The van der Waals surface area contributed by atoms with Crippen molar-refractivity contribution in [2.75, 3.05) is 0 Å². The second-order valence-corrected chi connectivity index (χ2v) is 6.85. The maximum Gasteiger partial charge on any atom is 0.0957 e. The first-order chi connectivity index (χ1) is 9.66. The lowest BCUT2D eigenvalue weighted by Gasteiger charge is -2.10. The van der Waals surface area contributed by atoms with Gasteiger partial charge < -0.3 is 5.11 Å². The first-order valence-electron chi connectivity index (χ1n) is 6.62. The zero-order chi connectivity index (χ0) is 14.1. The van der Waals surface area contributed by atoms with Crippen molar-refractivity contribution in [3.63, 3.8) is 0 Å². The lowest BCUT2D eigenvalue weighted by Crippen LogP contribution is -2.04. The summed E-state index contributed by atoms with van der Waals surface area (Å²) in [5, 5.41) is 18.0. The summed E-state index contributed by atoms with van der Waals surface area (Å²) >= 11 is 3.03. The summed E-state index contributed by atoms with van der Waals surface area (Å²) in [5.74, 6) is 0.289. The molecule has 1 atom stereocenters. The lowest BCUT2D eigenvalue weighted by atomic mass is 10.0. The van der Waals surface area contributed by atoms with Crippen LogP contribution in [0.4, 0.5) is 0 Å². The van der Waals surface area contributed by atoms with Crippen molar-refractivity contribution in [2.45, 2.75) is 32.3 Å². The molecule has 1 aromatic carbocycles. The van der Waals surface area contributed by atoms with Crippen LogP contribution in [0, 0.1) is 0 Å². The summed E-state index contributed by atoms with van der Waals surface area (Å²) in [6, 6.07) is 8.31. The van der Waals surface area contributed by atoms with E-state index in [1.165, 1.54) is 27.2 Å². The molecule has 3 nitrogen and oxygen atoms in total. The number of hydrogen-bond acceptors (Lipinski definition) is 5. The topological polar surface area (TPSA) is 46.0 Å². The summed E-state index contributed by atoms with van der Waals surface area (Å²) in [5.41, 5.74) is 2.11. The van der Waals surface area contributed by atoms with Gasteiger partial charge in [-0.1, -0.05) is 36.5 Å². The Morgan fingerprint density at radius 1 is 1.25 bits per heavy atom. The van der Waals surface area contributed by atoms with Crippen LogP contribution >= 0.6 is 22.9 Å². The first-order valence-corrected chi connectivity index (χ1v) is 8.27. The summed E-state index contributed by atoms with van der Waals surface area (Å²) in [6.07, 6.45) is 0.0959. The van der Waals surface area contributed by atoms with Crippen LogP contribution in [-0.4, -0.2) is 14.7 Å². The van der Waals surface area contributed by atoms with E-state index in [4.69, 9.17) is 0 Å². The van der Waals surface area contributed by atoms with E-state index in [0.29, 0.717) is 6.42 Å². The van der Waals surface area contributed by atoms with Crippen molar-refractivity contribution in [1.82, 2.24) is 9.59 Å². The molecule has 20 heavy (non-hydrogen) atoms. The van der Waals surface area contributed by atoms with Crippen molar-refractivity contribution in [1.29, 1.82) is 0 Å². The molecule has 0 amide bonds. The highest BCUT2D eigenvalue weighted by atomic mass is 32.1. The molecule has 0 aliphatic heterocycles. The smallest absolute Gasteiger partial charge is 0.0957 e. The Hall–Kier alpha value is -1.30. The molecule has 0 bridgehead atoms. The van der Waals surface area contributed by atoms with Gasteiger partial charge >= 0.3 is 0 Å². The predicted octanol–water partition coefficient (Wildman–Crippen LogP) is 4.15. The van der Waals surface area contributed by atoms with Crippen LogP contribution in [0.1, 0.15) is 42.0 Å². The zero-order valence-corrected chi connectivity index (χ0v) is 13.0. The van der Waals surface area contributed by atoms with Gasteiger partial charge in [0.15, 0.2) is 0 Å². The lowest BCUT2D eigenvalue weighted by molar-refractivity contribution is 0.181. The van der Waals surface area contributed by atoms with E-state index in [1.54, 1.807) is 11.3 Å². The summed E-state index contributed by atoms with van der Waals surface area (Å²) in [7, 11) is 0. The van der Waals surface area contributed by atoms with Gasteiger partial charge in [-0.25, -0.2) is 0 Å². The van der Waals surface area contributed by atoms with Gasteiger partial charge in [-0.05, 0) is 39.8 Å². The SMILES string of the molecule is CC(C)c1nnsc1C(O)Cc1csc2ccccc12. The van der Waals surface area contributed by atoms with E-state index in [2.05, 4.69) is 40.9 Å². The number of benzene rings is 1. The molecule has 0 aliphatic rings. The molecule has 2 aromatic heterocycles. The molecule has 1 unspecified atom stereocenters. The maximum atomic E-state index is 10.5. The third kappa shape index (κ3) is 2.49. The van der Waals surface area contributed by atoms with Gasteiger partial charge in [0.2, 0.25) is 0 Å². The summed E-state index contributed by atoms with van der Waals surface area (Å²) in [6.45, 7) is 4.15. The van der Waals surface area contributed by atoms with Crippen LogP contribution in [-0.2, 0) is 6.42 Å². The molecular formula is C15H16N2OS2. The van der Waals surface area contributed by atoms with Gasteiger partial charge in [0.1, 0.15) is 0 Å². The van der Waals surface area contributed by atoms with Gasteiger partial charge in [0, 0.05) is 11.1 Å². The third-order valence-electron chi connectivity index (χ3n) is 3.36. The Morgan fingerprint density at radius 2 is 2.05 bits per heavy atom. The highest BCUT2D eigenvalue weighted by Gasteiger charge is 2.20. The molecule has 0 saturated heterocycles. The van der Waals surface area contributed by atoms with E-state index >= 15 is 0 Å². The number of aliphatic hydroxyl groups is 1. The van der Waals surface area contributed by atoms with E-state index in [9.17, 15) is 5.11 Å². The molecule has 0 spiro atoms. The minimum atomic E-state index is -0.523. The van der Waals surface area contributed by atoms with Crippen LogP contribution in [0.3, 0.4) is 0 Å². The van der Waals surface area contributed by atoms with Crippen molar-refractivity contribution in [3.05, 3.63) is 45.8 Å². The van der Waals surface area contributed by atoms with Crippen molar-refractivity contribution in [3.8, 4) is 0 Å². The Bertz CT molecular complexity index is 717.